The molecule has 0 aliphatic heterocycles. The second kappa shape index (κ2) is 8.82. The number of carbonyl (C=O) groups excluding carboxylic acids is 2. The van der Waals surface area contributed by atoms with Crippen LogP contribution in [0.1, 0.15) is 5.56 Å². The lowest BCUT2D eigenvalue weighted by atomic mass is 10.2. The number of anilines is 1. The Labute approximate surface area is 153 Å². The van der Waals surface area contributed by atoms with E-state index in [0.29, 0.717) is 11.5 Å². The van der Waals surface area contributed by atoms with Gasteiger partial charge in [0, 0.05) is 11.6 Å². The molecular weight excluding hydrogens is 365 g/mol. The highest BCUT2D eigenvalue weighted by atomic mass is 35.5. The van der Waals surface area contributed by atoms with Crippen molar-refractivity contribution in [1.82, 2.24) is 5.43 Å². The van der Waals surface area contributed by atoms with Crippen LogP contribution < -0.4 is 20.2 Å². The first kappa shape index (κ1) is 19.2. The molecular formula is C17H15ClFN3O4. The molecule has 2 aromatic carbocycles. The Morgan fingerprint density at radius 3 is 2.58 bits per heavy atom. The maximum absolute atomic E-state index is 13.6. The summed E-state index contributed by atoms with van der Waals surface area (Å²) in [5, 5.41) is 6.03. The van der Waals surface area contributed by atoms with Gasteiger partial charge in [-0.05, 0) is 24.3 Å². The normalized spacial score (nSPS) is 10.5. The topological polar surface area (TPSA) is 89.0 Å². The van der Waals surface area contributed by atoms with Crippen LogP contribution in [0, 0.1) is 5.82 Å². The van der Waals surface area contributed by atoms with Gasteiger partial charge in [-0.25, -0.2) is 9.82 Å². The van der Waals surface area contributed by atoms with Gasteiger partial charge in [-0.15, -0.1) is 0 Å². The number of amides is 2. The third-order valence-electron chi connectivity index (χ3n) is 3.22. The molecule has 2 amide bonds. The number of methoxy groups -OCH3 is 2. The van der Waals surface area contributed by atoms with Crippen LogP contribution in [0.15, 0.2) is 41.5 Å². The molecule has 0 heterocycles. The van der Waals surface area contributed by atoms with E-state index in [-0.39, 0.29) is 16.3 Å². The van der Waals surface area contributed by atoms with Crippen LogP contribution in [-0.4, -0.2) is 32.2 Å². The minimum Gasteiger partial charge on any atom is -0.497 e. The number of rotatable bonds is 5. The summed E-state index contributed by atoms with van der Waals surface area (Å²) in [6.45, 7) is 0. The van der Waals surface area contributed by atoms with Crippen molar-refractivity contribution in [2.45, 2.75) is 0 Å². The van der Waals surface area contributed by atoms with Crippen molar-refractivity contribution in [1.29, 1.82) is 0 Å². The molecule has 0 unspecified atom stereocenters. The van der Waals surface area contributed by atoms with Crippen molar-refractivity contribution < 1.29 is 23.5 Å². The molecule has 2 rings (SSSR count). The summed E-state index contributed by atoms with van der Waals surface area (Å²) in [6, 6.07) is 8.79. The van der Waals surface area contributed by atoms with E-state index in [0.717, 1.165) is 6.21 Å². The number of nitrogens with one attached hydrogen (secondary N) is 2. The Kier molecular flexibility index (Phi) is 6.51. The monoisotopic (exact) mass is 379 g/mol. The molecule has 0 saturated carbocycles. The minimum absolute atomic E-state index is 0.00987. The Balaban J connectivity index is 2.04. The summed E-state index contributed by atoms with van der Waals surface area (Å²) in [6.07, 6.45) is 1.01. The predicted octanol–water partition coefficient (Wildman–Crippen LogP) is 2.59. The minimum atomic E-state index is -1.06. The lowest BCUT2D eigenvalue weighted by Gasteiger charge is -2.11. The van der Waals surface area contributed by atoms with Crippen LogP contribution >= 0.6 is 11.6 Å². The van der Waals surface area contributed by atoms with Gasteiger partial charge >= 0.3 is 11.8 Å². The average Bonchev–Trinajstić information content (AvgIpc) is 2.63. The molecule has 0 aliphatic rings. The molecule has 7 nitrogen and oxygen atoms in total. The molecule has 0 bridgehead atoms. The number of nitrogens with zero attached hydrogens (tertiary/aromatic N) is 1. The van der Waals surface area contributed by atoms with Crippen molar-refractivity contribution in [3.8, 4) is 11.5 Å². The maximum atomic E-state index is 13.6. The standard InChI is InChI=1S/C17H15ClFN3O4/c1-25-10-6-7-15(26-2)14(8-10)21-16(23)17(24)22-20-9-11-12(18)4-3-5-13(11)19/h3-9H,1-2H3,(H,21,23)(H,22,24)/b20-9+. The fraction of sp³-hybridized carbons (Fsp3) is 0.118. The van der Waals surface area contributed by atoms with Crippen molar-refractivity contribution >= 4 is 35.3 Å². The van der Waals surface area contributed by atoms with Gasteiger partial charge < -0.3 is 14.8 Å². The van der Waals surface area contributed by atoms with Crippen molar-refractivity contribution in [2.24, 2.45) is 5.10 Å². The quantitative estimate of drug-likeness (QED) is 0.474. The van der Waals surface area contributed by atoms with Gasteiger partial charge in [-0.3, -0.25) is 9.59 Å². The van der Waals surface area contributed by atoms with Gasteiger partial charge in [0.1, 0.15) is 17.3 Å². The molecule has 0 saturated heterocycles. The van der Waals surface area contributed by atoms with E-state index in [1.807, 2.05) is 5.43 Å². The predicted molar refractivity (Wildman–Crippen MR) is 95.3 cm³/mol. The summed E-state index contributed by atoms with van der Waals surface area (Å²) in [4.78, 5) is 23.8. The Morgan fingerprint density at radius 2 is 1.92 bits per heavy atom. The number of ether oxygens (including phenoxy) is 2. The van der Waals surface area contributed by atoms with Crippen molar-refractivity contribution in [3.63, 3.8) is 0 Å². The van der Waals surface area contributed by atoms with E-state index in [2.05, 4.69) is 10.4 Å². The van der Waals surface area contributed by atoms with Crippen LogP contribution in [-0.2, 0) is 9.59 Å². The number of hydrazone groups is 1. The zero-order valence-corrected chi connectivity index (χ0v) is 14.6. The van der Waals surface area contributed by atoms with E-state index in [1.54, 1.807) is 12.1 Å². The summed E-state index contributed by atoms with van der Waals surface area (Å²) < 4.78 is 23.7. The first-order valence-corrected chi connectivity index (χ1v) is 7.64. The van der Waals surface area contributed by atoms with Gasteiger partial charge in [-0.2, -0.15) is 5.10 Å². The lowest BCUT2D eigenvalue weighted by Crippen LogP contribution is -2.32. The molecule has 0 radical (unpaired) electrons. The fourth-order valence-electron chi connectivity index (χ4n) is 1.93. The number of hydrogen-bond acceptors (Lipinski definition) is 5. The van der Waals surface area contributed by atoms with Gasteiger partial charge in [0.15, 0.2) is 0 Å². The molecule has 26 heavy (non-hydrogen) atoms. The second-order valence-electron chi connectivity index (χ2n) is 4.85. The second-order valence-corrected chi connectivity index (χ2v) is 5.26. The maximum Gasteiger partial charge on any atom is 0.329 e. The first-order chi connectivity index (χ1) is 12.5. The highest BCUT2D eigenvalue weighted by Gasteiger charge is 2.16. The molecule has 0 aliphatic carbocycles. The average molecular weight is 380 g/mol. The fourth-order valence-corrected chi connectivity index (χ4v) is 2.14. The highest BCUT2D eigenvalue weighted by Crippen LogP contribution is 2.28. The summed E-state index contributed by atoms with van der Waals surface area (Å²) in [7, 11) is 2.88. The van der Waals surface area contributed by atoms with E-state index in [9.17, 15) is 14.0 Å². The van der Waals surface area contributed by atoms with Crippen LogP contribution in [0.5, 0.6) is 11.5 Å². The Morgan fingerprint density at radius 1 is 1.15 bits per heavy atom. The van der Waals surface area contributed by atoms with E-state index in [1.165, 1.54) is 38.5 Å². The molecule has 0 atom stereocenters. The number of benzene rings is 2. The Hall–Kier alpha value is -3.13. The van der Waals surface area contributed by atoms with Crippen LogP contribution in [0.4, 0.5) is 10.1 Å². The zero-order valence-electron chi connectivity index (χ0n) is 13.9. The Bertz CT molecular complexity index is 838. The van der Waals surface area contributed by atoms with E-state index >= 15 is 0 Å². The molecule has 2 aromatic rings. The molecule has 2 N–H and O–H groups in total. The molecule has 0 fully saturated rings. The first-order valence-electron chi connectivity index (χ1n) is 7.26. The number of halogens is 2. The largest absolute Gasteiger partial charge is 0.497 e. The lowest BCUT2D eigenvalue weighted by molar-refractivity contribution is -0.136. The smallest absolute Gasteiger partial charge is 0.329 e. The van der Waals surface area contributed by atoms with Crippen molar-refractivity contribution in [3.05, 3.63) is 52.8 Å². The molecule has 0 spiro atoms. The van der Waals surface area contributed by atoms with Gasteiger partial charge in [0.2, 0.25) is 0 Å². The van der Waals surface area contributed by atoms with Crippen molar-refractivity contribution in [2.75, 3.05) is 19.5 Å². The SMILES string of the molecule is COc1ccc(OC)c(NC(=O)C(=O)N/N=C/c2c(F)cccc2Cl)c1. The number of hydrogen-bond donors (Lipinski definition) is 2. The summed E-state index contributed by atoms with van der Waals surface area (Å²) in [5.74, 6) is -1.85. The molecule has 9 heteroatoms. The summed E-state index contributed by atoms with van der Waals surface area (Å²) >= 11 is 5.83. The highest BCUT2D eigenvalue weighted by molar-refractivity contribution is 6.39. The van der Waals surface area contributed by atoms with E-state index < -0.39 is 17.6 Å². The van der Waals surface area contributed by atoms with Crippen LogP contribution in [0.3, 0.4) is 0 Å². The third-order valence-corrected chi connectivity index (χ3v) is 3.55. The van der Waals surface area contributed by atoms with Gasteiger partial charge in [-0.1, -0.05) is 17.7 Å². The molecule has 0 aromatic heterocycles. The van der Waals surface area contributed by atoms with Crippen LogP contribution in [0.25, 0.3) is 0 Å². The van der Waals surface area contributed by atoms with E-state index in [4.69, 9.17) is 21.1 Å². The van der Waals surface area contributed by atoms with Crippen LogP contribution in [0.2, 0.25) is 5.02 Å². The zero-order chi connectivity index (χ0) is 19.1. The number of carbonyl (C=O) groups is 2. The third kappa shape index (κ3) is 4.70. The van der Waals surface area contributed by atoms with Gasteiger partial charge in [0.25, 0.3) is 0 Å². The summed E-state index contributed by atoms with van der Waals surface area (Å²) in [5.41, 5.74) is 2.23. The van der Waals surface area contributed by atoms with Gasteiger partial charge in [0.05, 0.1) is 31.1 Å². The molecule has 136 valence electrons.